The van der Waals surface area contributed by atoms with E-state index in [0.29, 0.717) is 11.1 Å². The van der Waals surface area contributed by atoms with Crippen molar-refractivity contribution in [2.45, 2.75) is 12.8 Å². The van der Waals surface area contributed by atoms with Crippen LogP contribution >= 0.6 is 0 Å². The summed E-state index contributed by atoms with van der Waals surface area (Å²) in [5.41, 5.74) is 1.67. The molecular formula is C22H18O6. The Balaban J connectivity index is 1.67. The molecule has 28 heavy (non-hydrogen) atoms. The first-order valence-corrected chi connectivity index (χ1v) is 8.51. The minimum Gasteiger partial charge on any atom is -0.508 e. The molecule has 0 aliphatic rings. The molecule has 0 fully saturated rings. The van der Waals surface area contributed by atoms with E-state index in [1.165, 1.54) is 24.3 Å². The van der Waals surface area contributed by atoms with Gasteiger partial charge in [-0.2, -0.15) is 0 Å². The van der Waals surface area contributed by atoms with Crippen molar-refractivity contribution in [3.05, 3.63) is 82.9 Å². The van der Waals surface area contributed by atoms with Crippen molar-refractivity contribution in [1.29, 1.82) is 0 Å². The minimum absolute atomic E-state index is 0.0608. The summed E-state index contributed by atoms with van der Waals surface area (Å²) in [5.74, 6) is -1.39. The van der Waals surface area contributed by atoms with Gasteiger partial charge in [-0.3, -0.25) is 9.59 Å². The molecule has 3 rings (SSSR count). The number of carbonyl (C=O) groups is 2. The first-order valence-electron chi connectivity index (χ1n) is 8.51. The van der Waals surface area contributed by atoms with Gasteiger partial charge in [0.1, 0.15) is 23.0 Å². The molecule has 0 aromatic heterocycles. The van der Waals surface area contributed by atoms with Crippen LogP contribution in [0, 0.1) is 0 Å². The maximum absolute atomic E-state index is 12.3. The zero-order valence-electron chi connectivity index (χ0n) is 14.8. The number of ketones is 2. The lowest BCUT2D eigenvalue weighted by atomic mass is 9.98. The smallest absolute Gasteiger partial charge is 0.170 e. The molecular weight excluding hydrogens is 360 g/mol. The summed E-state index contributed by atoms with van der Waals surface area (Å²) in [6.07, 6.45) is 0.122. The van der Waals surface area contributed by atoms with Crippen LogP contribution in [0.2, 0.25) is 0 Å². The van der Waals surface area contributed by atoms with E-state index < -0.39 is 0 Å². The monoisotopic (exact) mass is 378 g/mol. The number of rotatable bonds is 6. The summed E-state index contributed by atoms with van der Waals surface area (Å²) in [7, 11) is 0. The highest BCUT2D eigenvalue weighted by Gasteiger charge is 2.14. The molecule has 0 atom stereocenters. The molecule has 0 aliphatic carbocycles. The quantitative estimate of drug-likeness (QED) is 0.489. The van der Waals surface area contributed by atoms with E-state index in [-0.39, 0.29) is 58.5 Å². The van der Waals surface area contributed by atoms with E-state index in [1.807, 2.05) is 0 Å². The van der Waals surface area contributed by atoms with Gasteiger partial charge in [0.25, 0.3) is 0 Å². The minimum atomic E-state index is -0.296. The fraction of sp³-hybridized carbons (Fsp3) is 0.0909. The van der Waals surface area contributed by atoms with Gasteiger partial charge < -0.3 is 20.4 Å². The zero-order valence-corrected chi connectivity index (χ0v) is 14.8. The first-order chi connectivity index (χ1) is 13.3. The molecule has 0 spiro atoms. The van der Waals surface area contributed by atoms with Gasteiger partial charge in [-0.15, -0.1) is 0 Å². The lowest BCUT2D eigenvalue weighted by Gasteiger charge is -2.07. The third-order valence-electron chi connectivity index (χ3n) is 4.32. The van der Waals surface area contributed by atoms with E-state index >= 15 is 0 Å². The fourth-order valence-electron chi connectivity index (χ4n) is 2.85. The van der Waals surface area contributed by atoms with Gasteiger partial charge in [-0.1, -0.05) is 24.3 Å². The molecule has 3 aromatic carbocycles. The van der Waals surface area contributed by atoms with Gasteiger partial charge in [0.2, 0.25) is 0 Å². The van der Waals surface area contributed by atoms with Crippen molar-refractivity contribution in [2.75, 3.05) is 0 Å². The maximum Gasteiger partial charge on any atom is 0.170 e. The summed E-state index contributed by atoms with van der Waals surface area (Å²) in [6.45, 7) is 0. The normalized spacial score (nSPS) is 10.6. The van der Waals surface area contributed by atoms with Gasteiger partial charge in [0, 0.05) is 25.0 Å². The average molecular weight is 378 g/mol. The topological polar surface area (TPSA) is 115 Å². The predicted octanol–water partition coefficient (Wildman–Crippen LogP) is 3.36. The first kappa shape index (κ1) is 19.0. The Labute approximate surface area is 161 Å². The van der Waals surface area contributed by atoms with Gasteiger partial charge in [-0.05, 0) is 35.4 Å². The third-order valence-corrected chi connectivity index (χ3v) is 4.32. The highest BCUT2D eigenvalue weighted by Crippen LogP contribution is 2.25. The molecule has 0 radical (unpaired) electrons. The Hall–Kier alpha value is -3.80. The number of phenolic OH excluding ortho intramolecular Hbond substituents is 4. The van der Waals surface area contributed by atoms with E-state index in [2.05, 4.69) is 0 Å². The van der Waals surface area contributed by atoms with Crippen molar-refractivity contribution < 1.29 is 30.0 Å². The SMILES string of the molecule is O=C(Cc1ccc(CC(=O)c2ccc(O)cc2O)cc1)c1ccc(O)cc1O. The summed E-state index contributed by atoms with van der Waals surface area (Å²) < 4.78 is 0. The number of Topliss-reactive ketones (excluding diaryl/α,β-unsaturated/α-hetero) is 2. The van der Waals surface area contributed by atoms with Crippen LogP contribution in [0.5, 0.6) is 23.0 Å². The van der Waals surface area contributed by atoms with Crippen molar-refractivity contribution in [2.24, 2.45) is 0 Å². The molecule has 142 valence electrons. The molecule has 0 heterocycles. The number of hydrogen-bond donors (Lipinski definition) is 4. The van der Waals surface area contributed by atoms with E-state index in [4.69, 9.17) is 0 Å². The number of hydrogen-bond acceptors (Lipinski definition) is 6. The van der Waals surface area contributed by atoms with Crippen LogP contribution in [0.25, 0.3) is 0 Å². The Morgan fingerprint density at radius 2 is 0.929 bits per heavy atom. The lowest BCUT2D eigenvalue weighted by Crippen LogP contribution is -2.05. The zero-order chi connectivity index (χ0) is 20.3. The lowest BCUT2D eigenvalue weighted by molar-refractivity contribution is 0.0981. The van der Waals surface area contributed by atoms with Crippen LogP contribution in [-0.4, -0.2) is 32.0 Å². The molecule has 6 nitrogen and oxygen atoms in total. The molecule has 0 unspecified atom stereocenters. The predicted molar refractivity (Wildman–Crippen MR) is 102 cm³/mol. The Morgan fingerprint density at radius 1 is 0.571 bits per heavy atom. The van der Waals surface area contributed by atoms with Gasteiger partial charge in [0.05, 0.1) is 11.1 Å². The van der Waals surface area contributed by atoms with Gasteiger partial charge in [-0.25, -0.2) is 0 Å². The van der Waals surface area contributed by atoms with Crippen LogP contribution in [0.3, 0.4) is 0 Å². The van der Waals surface area contributed by atoms with E-state index in [1.54, 1.807) is 24.3 Å². The van der Waals surface area contributed by atoms with Gasteiger partial charge >= 0.3 is 0 Å². The van der Waals surface area contributed by atoms with Gasteiger partial charge in [0.15, 0.2) is 11.6 Å². The molecule has 6 heteroatoms. The molecule has 0 aliphatic heterocycles. The van der Waals surface area contributed by atoms with E-state index in [9.17, 15) is 30.0 Å². The molecule has 0 bridgehead atoms. The molecule has 4 N–H and O–H groups in total. The Bertz CT molecular complexity index is 953. The highest BCUT2D eigenvalue weighted by molar-refractivity contribution is 6.00. The maximum atomic E-state index is 12.3. The highest BCUT2D eigenvalue weighted by atomic mass is 16.3. The largest absolute Gasteiger partial charge is 0.508 e. The second-order valence-electron chi connectivity index (χ2n) is 6.42. The van der Waals surface area contributed by atoms with Crippen LogP contribution in [0.15, 0.2) is 60.7 Å². The second-order valence-corrected chi connectivity index (χ2v) is 6.42. The number of carbonyl (C=O) groups excluding carboxylic acids is 2. The molecule has 0 amide bonds. The number of phenols is 4. The van der Waals surface area contributed by atoms with E-state index in [0.717, 1.165) is 12.1 Å². The molecule has 3 aromatic rings. The van der Waals surface area contributed by atoms with Crippen molar-refractivity contribution in [3.8, 4) is 23.0 Å². The average Bonchev–Trinajstić information content (AvgIpc) is 2.63. The number of aromatic hydroxyl groups is 4. The summed E-state index contributed by atoms with van der Waals surface area (Å²) in [6, 6.07) is 14.5. The number of benzene rings is 3. The standard InChI is InChI=1S/C22H18O6/c23-15-5-7-17(21(27)11-15)19(25)9-13-1-2-14(4-3-13)10-20(26)18-8-6-16(24)12-22(18)28/h1-8,11-12,23-24,27-28H,9-10H2. The third kappa shape index (κ3) is 4.29. The van der Waals surface area contributed by atoms with Crippen LogP contribution in [-0.2, 0) is 12.8 Å². The van der Waals surface area contributed by atoms with Crippen LogP contribution in [0.1, 0.15) is 31.8 Å². The van der Waals surface area contributed by atoms with Crippen molar-refractivity contribution in [3.63, 3.8) is 0 Å². The van der Waals surface area contributed by atoms with Crippen molar-refractivity contribution >= 4 is 11.6 Å². The molecule has 0 saturated carbocycles. The van der Waals surface area contributed by atoms with Crippen LogP contribution < -0.4 is 0 Å². The fourth-order valence-corrected chi connectivity index (χ4v) is 2.85. The summed E-state index contributed by atoms with van der Waals surface area (Å²) in [4.78, 5) is 24.6. The Kier molecular flexibility index (Phi) is 5.31. The van der Waals surface area contributed by atoms with Crippen molar-refractivity contribution in [1.82, 2.24) is 0 Å². The van der Waals surface area contributed by atoms with Crippen LogP contribution in [0.4, 0.5) is 0 Å². The molecule has 0 saturated heterocycles. The second kappa shape index (κ2) is 7.84. The Morgan fingerprint density at radius 3 is 1.25 bits per heavy atom. The summed E-state index contributed by atoms with van der Waals surface area (Å²) >= 11 is 0. The summed E-state index contributed by atoms with van der Waals surface area (Å²) in [5, 5.41) is 38.1.